The summed E-state index contributed by atoms with van der Waals surface area (Å²) >= 11 is 0. The van der Waals surface area contributed by atoms with Crippen molar-refractivity contribution in [3.8, 4) is 0 Å². The minimum absolute atomic E-state index is 0.0793. The molecule has 1 aliphatic heterocycles. The van der Waals surface area contributed by atoms with Crippen LogP contribution in [0.2, 0.25) is 0 Å². The van der Waals surface area contributed by atoms with E-state index in [4.69, 9.17) is 0 Å². The lowest BCUT2D eigenvalue weighted by molar-refractivity contribution is -0.136. The molecule has 0 spiro atoms. The molecule has 2 aromatic rings. The van der Waals surface area contributed by atoms with Crippen LogP contribution in [0.1, 0.15) is 43.5 Å². The van der Waals surface area contributed by atoms with Crippen molar-refractivity contribution in [3.05, 3.63) is 59.4 Å². The lowest BCUT2D eigenvalue weighted by Crippen LogP contribution is -2.39. The van der Waals surface area contributed by atoms with Gasteiger partial charge in [0.25, 0.3) is 0 Å². The predicted octanol–water partition coefficient (Wildman–Crippen LogP) is 4.87. The van der Waals surface area contributed by atoms with Gasteiger partial charge in [0.05, 0.1) is 24.1 Å². The minimum atomic E-state index is -3.67. The Labute approximate surface area is 200 Å². The number of aromatic nitrogens is 1. The molecule has 0 radical (unpaired) electrons. The quantitative estimate of drug-likeness (QED) is 0.669. The van der Waals surface area contributed by atoms with Gasteiger partial charge in [-0.15, -0.1) is 0 Å². The van der Waals surface area contributed by atoms with Crippen molar-refractivity contribution in [2.75, 3.05) is 32.5 Å². The van der Waals surface area contributed by atoms with E-state index in [0.717, 1.165) is 43.7 Å². The average Bonchev–Trinajstić information content (AvgIpc) is 3.04. The number of piperidine rings is 1. The summed E-state index contributed by atoms with van der Waals surface area (Å²) in [7, 11) is 4.02. The van der Waals surface area contributed by atoms with Crippen molar-refractivity contribution >= 4 is 11.6 Å². The van der Waals surface area contributed by atoms with E-state index in [1.807, 2.05) is 24.2 Å². The third-order valence-corrected chi connectivity index (χ3v) is 7.02. The molecular weight excluding hydrogens is 441 g/mol. The van der Waals surface area contributed by atoms with E-state index >= 15 is 0 Å². The standard InChI is InChI=1S/C25H34N4O.CHF3/c1-25(2)22-8-6-5-7-19(22)15-23(25)27-20-9-10-21(26-16-20)17-29(4)24(30)18-11-13-28(3)14-12-18;2-1(3)4/h5-10,16,18,23,27H,11-15,17H2,1-4H3;1H. The summed E-state index contributed by atoms with van der Waals surface area (Å²) in [5.74, 6) is 0.399. The highest BCUT2D eigenvalue weighted by molar-refractivity contribution is 5.78. The van der Waals surface area contributed by atoms with Gasteiger partial charge in [0.2, 0.25) is 5.91 Å². The molecule has 1 aliphatic carbocycles. The second kappa shape index (κ2) is 11.2. The number of nitrogens with one attached hydrogen (secondary N) is 1. The summed E-state index contributed by atoms with van der Waals surface area (Å²) in [4.78, 5) is 21.5. The molecule has 1 aromatic carbocycles. The van der Waals surface area contributed by atoms with Gasteiger partial charge in [-0.2, -0.15) is 13.2 Å². The fraction of sp³-hybridized carbons (Fsp3) is 0.538. The van der Waals surface area contributed by atoms with E-state index in [1.54, 1.807) is 0 Å². The Balaban J connectivity index is 0.000000751. The molecule has 4 rings (SSSR count). The van der Waals surface area contributed by atoms with Crippen LogP contribution in [-0.4, -0.2) is 60.6 Å². The van der Waals surface area contributed by atoms with Crippen LogP contribution in [0.3, 0.4) is 0 Å². The zero-order chi connectivity index (χ0) is 24.9. The molecule has 1 amide bonds. The Morgan fingerprint density at radius 2 is 1.82 bits per heavy atom. The molecular formula is C26H35F3N4O. The monoisotopic (exact) mass is 476 g/mol. The molecule has 0 saturated carbocycles. The molecule has 0 bridgehead atoms. The topological polar surface area (TPSA) is 48.5 Å². The van der Waals surface area contributed by atoms with Crippen LogP contribution < -0.4 is 5.32 Å². The van der Waals surface area contributed by atoms with Gasteiger partial charge in [-0.25, -0.2) is 0 Å². The number of nitrogens with zero attached hydrogens (tertiary/aromatic N) is 3. The summed E-state index contributed by atoms with van der Waals surface area (Å²) < 4.78 is 29.0. The number of alkyl halides is 3. The van der Waals surface area contributed by atoms with Gasteiger partial charge in [-0.1, -0.05) is 38.1 Å². The van der Waals surface area contributed by atoms with Crippen molar-refractivity contribution in [3.63, 3.8) is 0 Å². The number of anilines is 1. The number of carbonyl (C=O) groups excluding carboxylic acids is 1. The van der Waals surface area contributed by atoms with E-state index in [-0.39, 0.29) is 17.2 Å². The van der Waals surface area contributed by atoms with Crippen molar-refractivity contribution < 1.29 is 18.0 Å². The van der Waals surface area contributed by atoms with Crippen LogP contribution in [0.4, 0.5) is 18.9 Å². The van der Waals surface area contributed by atoms with Gasteiger partial charge in [-0.05, 0) is 62.7 Å². The van der Waals surface area contributed by atoms with Gasteiger partial charge in [0, 0.05) is 24.4 Å². The fourth-order valence-electron chi connectivity index (χ4n) is 4.91. The summed E-state index contributed by atoms with van der Waals surface area (Å²) in [5, 5.41) is 3.69. The number of hydrogen-bond acceptors (Lipinski definition) is 4. The van der Waals surface area contributed by atoms with Gasteiger partial charge in [0.15, 0.2) is 0 Å². The first-order valence-electron chi connectivity index (χ1n) is 11.7. The molecule has 34 heavy (non-hydrogen) atoms. The number of pyridine rings is 1. The Hall–Kier alpha value is -2.61. The van der Waals surface area contributed by atoms with Crippen molar-refractivity contribution in [1.29, 1.82) is 0 Å². The maximum absolute atomic E-state index is 12.8. The number of halogens is 3. The molecule has 1 N–H and O–H groups in total. The highest BCUT2D eigenvalue weighted by Gasteiger charge is 2.39. The van der Waals surface area contributed by atoms with E-state index in [0.29, 0.717) is 12.6 Å². The molecule has 1 saturated heterocycles. The first-order valence-corrected chi connectivity index (χ1v) is 11.7. The van der Waals surface area contributed by atoms with E-state index in [1.165, 1.54) is 11.1 Å². The Morgan fingerprint density at radius 3 is 2.41 bits per heavy atom. The predicted molar refractivity (Wildman–Crippen MR) is 129 cm³/mol. The number of rotatable bonds is 5. The van der Waals surface area contributed by atoms with Crippen molar-refractivity contribution in [2.24, 2.45) is 5.92 Å². The molecule has 1 unspecified atom stereocenters. The fourth-order valence-corrected chi connectivity index (χ4v) is 4.91. The number of carbonyl (C=O) groups is 1. The molecule has 8 heteroatoms. The Kier molecular flexibility index (Phi) is 8.57. The van der Waals surface area contributed by atoms with Gasteiger partial charge in [0.1, 0.15) is 0 Å². The van der Waals surface area contributed by atoms with Crippen LogP contribution in [0.25, 0.3) is 0 Å². The zero-order valence-corrected chi connectivity index (χ0v) is 20.4. The molecule has 1 fully saturated rings. The highest BCUT2D eigenvalue weighted by Crippen LogP contribution is 2.39. The summed E-state index contributed by atoms with van der Waals surface area (Å²) in [6, 6.07) is 13.2. The molecule has 2 heterocycles. The van der Waals surface area contributed by atoms with Crippen LogP contribution in [0, 0.1) is 5.92 Å². The number of amides is 1. The lowest BCUT2D eigenvalue weighted by Gasteiger charge is -2.31. The molecule has 1 atom stereocenters. The smallest absolute Gasteiger partial charge is 0.379 e. The first-order chi connectivity index (χ1) is 16.1. The van der Waals surface area contributed by atoms with Crippen LogP contribution in [0.15, 0.2) is 42.6 Å². The SMILES string of the molecule is CN1CCC(C(=O)N(C)Cc2ccc(NC3Cc4ccccc4C3(C)C)cn2)CC1.FC(F)F. The molecule has 2 aliphatic rings. The number of likely N-dealkylation sites (tertiary alicyclic amines) is 1. The normalized spacial score (nSPS) is 19.8. The van der Waals surface area contributed by atoms with Gasteiger partial charge in [-0.3, -0.25) is 9.78 Å². The maximum atomic E-state index is 12.8. The summed E-state index contributed by atoms with van der Waals surface area (Å²) in [5.41, 5.74) is 4.91. The minimum Gasteiger partial charge on any atom is -0.380 e. The summed E-state index contributed by atoms with van der Waals surface area (Å²) in [6.07, 6.45) is 4.84. The second-order valence-corrected chi connectivity index (χ2v) is 9.84. The van der Waals surface area contributed by atoms with Gasteiger partial charge < -0.3 is 15.1 Å². The Morgan fingerprint density at radius 1 is 1.18 bits per heavy atom. The number of benzene rings is 1. The average molecular weight is 477 g/mol. The number of fused-ring (bicyclic) bond motifs is 1. The largest absolute Gasteiger partial charge is 0.380 e. The van der Waals surface area contributed by atoms with Gasteiger partial charge >= 0.3 is 6.68 Å². The Bertz CT molecular complexity index is 941. The van der Waals surface area contributed by atoms with Crippen LogP contribution in [-0.2, 0) is 23.2 Å². The van der Waals surface area contributed by atoms with Crippen LogP contribution in [0.5, 0.6) is 0 Å². The van der Waals surface area contributed by atoms with Crippen LogP contribution >= 0.6 is 0 Å². The van der Waals surface area contributed by atoms with E-state index in [9.17, 15) is 18.0 Å². The lowest BCUT2D eigenvalue weighted by atomic mass is 9.83. The highest BCUT2D eigenvalue weighted by atomic mass is 19.4. The van der Waals surface area contributed by atoms with Crippen molar-refractivity contribution in [2.45, 2.75) is 57.8 Å². The van der Waals surface area contributed by atoms with E-state index < -0.39 is 6.68 Å². The number of hydrogen-bond donors (Lipinski definition) is 1. The van der Waals surface area contributed by atoms with E-state index in [2.05, 4.69) is 66.4 Å². The van der Waals surface area contributed by atoms with Crippen molar-refractivity contribution in [1.82, 2.24) is 14.8 Å². The third-order valence-electron chi connectivity index (χ3n) is 7.02. The maximum Gasteiger partial charge on any atom is 0.379 e. The summed E-state index contributed by atoms with van der Waals surface area (Å²) in [6.45, 7) is 3.52. The molecule has 186 valence electrons. The molecule has 5 nitrogen and oxygen atoms in total. The second-order valence-electron chi connectivity index (χ2n) is 9.84. The third kappa shape index (κ3) is 6.50. The molecule has 1 aromatic heterocycles. The zero-order valence-electron chi connectivity index (χ0n) is 20.4. The first kappa shape index (κ1) is 26.0.